The predicted molar refractivity (Wildman–Crippen MR) is 68.9 cm³/mol. The van der Waals surface area contributed by atoms with E-state index in [1.54, 1.807) is 24.4 Å². The third-order valence-corrected chi connectivity index (χ3v) is 2.58. The maximum atomic E-state index is 13.7. The van der Waals surface area contributed by atoms with Crippen molar-refractivity contribution in [2.45, 2.75) is 0 Å². The van der Waals surface area contributed by atoms with Crippen LogP contribution in [-0.2, 0) is 0 Å². The van der Waals surface area contributed by atoms with Crippen LogP contribution in [0.5, 0.6) is 0 Å². The van der Waals surface area contributed by atoms with Crippen molar-refractivity contribution in [1.29, 1.82) is 0 Å². The molecule has 0 saturated carbocycles. The summed E-state index contributed by atoms with van der Waals surface area (Å²) in [5.41, 5.74) is 5.76. The average Bonchev–Trinajstić information content (AvgIpc) is 2.34. The summed E-state index contributed by atoms with van der Waals surface area (Å²) in [5, 5.41) is 10.8. The first kappa shape index (κ1) is 12.0. The van der Waals surface area contributed by atoms with E-state index in [0.717, 1.165) is 0 Å². The Morgan fingerprint density at radius 1 is 1.44 bits per heavy atom. The van der Waals surface area contributed by atoms with Crippen LogP contribution in [0.4, 0.5) is 15.8 Å². The van der Waals surface area contributed by atoms with Gasteiger partial charge in [0.2, 0.25) is 0 Å². The van der Waals surface area contributed by atoms with Crippen molar-refractivity contribution in [2.24, 2.45) is 0 Å². The number of hydrogen-bond acceptors (Lipinski definition) is 4. The van der Waals surface area contributed by atoms with Crippen molar-refractivity contribution in [2.75, 3.05) is 5.73 Å². The Morgan fingerprint density at radius 2 is 2.17 bits per heavy atom. The van der Waals surface area contributed by atoms with E-state index >= 15 is 0 Å². The van der Waals surface area contributed by atoms with Gasteiger partial charge in [0.1, 0.15) is 13.5 Å². The zero-order valence-corrected chi connectivity index (χ0v) is 9.55. The van der Waals surface area contributed by atoms with Gasteiger partial charge in [0.15, 0.2) is 5.82 Å². The van der Waals surface area contributed by atoms with Crippen molar-refractivity contribution in [3.8, 4) is 11.3 Å². The lowest BCUT2D eigenvalue weighted by Crippen LogP contribution is -2.14. The Kier molecular flexibility index (Phi) is 2.97. The summed E-state index contributed by atoms with van der Waals surface area (Å²) in [6, 6.07) is 6.56. The molecule has 1 heterocycles. The minimum Gasteiger partial charge on any atom is -0.393 e. The molecule has 7 heteroatoms. The molecule has 0 spiro atoms. The van der Waals surface area contributed by atoms with Crippen LogP contribution in [-0.4, -0.2) is 17.8 Å². The van der Waals surface area contributed by atoms with Crippen LogP contribution in [0.25, 0.3) is 11.3 Å². The second kappa shape index (κ2) is 4.44. The van der Waals surface area contributed by atoms with Gasteiger partial charge in [-0.25, -0.2) is 0 Å². The van der Waals surface area contributed by atoms with Gasteiger partial charge in [-0.15, -0.1) is 0 Å². The molecule has 2 N–H and O–H groups in total. The maximum Gasteiger partial charge on any atom is 0.327 e. The summed E-state index contributed by atoms with van der Waals surface area (Å²) in [6.07, 6.45) is 1.54. The topological polar surface area (TPSA) is 82.0 Å². The summed E-state index contributed by atoms with van der Waals surface area (Å²) in [4.78, 5) is 14.1. The minimum atomic E-state index is -0.905. The smallest absolute Gasteiger partial charge is 0.327 e. The quantitative estimate of drug-likeness (QED) is 0.364. The van der Waals surface area contributed by atoms with Gasteiger partial charge in [-0.3, -0.25) is 15.1 Å². The van der Waals surface area contributed by atoms with Gasteiger partial charge in [-0.2, -0.15) is 4.39 Å². The molecule has 1 aromatic heterocycles. The van der Waals surface area contributed by atoms with Crippen LogP contribution in [0.1, 0.15) is 0 Å². The zero-order valence-electron chi connectivity index (χ0n) is 9.55. The van der Waals surface area contributed by atoms with Crippen LogP contribution in [0.2, 0.25) is 0 Å². The van der Waals surface area contributed by atoms with Crippen LogP contribution in [0.15, 0.2) is 30.5 Å². The minimum absolute atomic E-state index is 0.163. The van der Waals surface area contributed by atoms with Gasteiger partial charge in [0.05, 0.1) is 10.6 Å². The Bertz CT molecular complexity index is 619. The average molecular weight is 245 g/mol. The van der Waals surface area contributed by atoms with Crippen molar-refractivity contribution < 1.29 is 9.31 Å². The molecule has 0 aliphatic carbocycles. The maximum absolute atomic E-state index is 13.7. The molecule has 0 aliphatic rings. The van der Waals surface area contributed by atoms with Gasteiger partial charge >= 0.3 is 5.69 Å². The molecule has 0 unspecified atom stereocenters. The van der Waals surface area contributed by atoms with E-state index in [2.05, 4.69) is 4.98 Å². The molecule has 0 atom stereocenters. The number of aromatic nitrogens is 1. The predicted octanol–water partition coefficient (Wildman–Crippen LogP) is 0.636. The number of nitrogens with zero attached hydrogens (tertiary/aromatic N) is 2. The van der Waals surface area contributed by atoms with E-state index < -0.39 is 16.4 Å². The number of nitrogens with two attached hydrogens (primary N) is 1. The SMILES string of the molecule is Bc1cc(-c2ccccn2)c(N)c([N+](=O)[O-])c1F. The van der Waals surface area contributed by atoms with Gasteiger partial charge in [-0.05, 0) is 17.6 Å². The highest BCUT2D eigenvalue weighted by Gasteiger charge is 2.24. The molecule has 0 radical (unpaired) electrons. The van der Waals surface area contributed by atoms with E-state index in [-0.39, 0.29) is 11.2 Å². The monoisotopic (exact) mass is 245 g/mol. The molecule has 90 valence electrons. The Balaban J connectivity index is 2.75. The van der Waals surface area contributed by atoms with Crippen LogP contribution < -0.4 is 11.2 Å². The van der Waals surface area contributed by atoms with E-state index in [0.29, 0.717) is 11.3 Å². The molecule has 18 heavy (non-hydrogen) atoms. The fourth-order valence-electron chi connectivity index (χ4n) is 1.70. The lowest BCUT2D eigenvalue weighted by Gasteiger charge is -2.08. The second-order valence-corrected chi connectivity index (χ2v) is 3.79. The molecule has 5 nitrogen and oxygen atoms in total. The van der Waals surface area contributed by atoms with Crippen LogP contribution in [0, 0.1) is 15.9 Å². The molecule has 0 aliphatic heterocycles. The number of nitrogen functional groups attached to an aromatic ring is 1. The fraction of sp³-hybridized carbons (Fsp3) is 0. The molecule has 2 rings (SSSR count). The van der Waals surface area contributed by atoms with Crippen molar-refractivity contribution in [3.63, 3.8) is 0 Å². The Labute approximate surface area is 103 Å². The normalized spacial score (nSPS) is 10.3. The van der Waals surface area contributed by atoms with Gasteiger partial charge in [0, 0.05) is 11.8 Å². The molecule has 0 amide bonds. The number of rotatable bonds is 2. The molecule has 2 aromatic rings. The molecule has 0 saturated heterocycles. The number of pyridine rings is 1. The lowest BCUT2D eigenvalue weighted by atomic mass is 9.90. The number of benzene rings is 1. The van der Waals surface area contributed by atoms with Crippen molar-refractivity contribution in [3.05, 3.63) is 46.4 Å². The number of halogens is 1. The fourth-order valence-corrected chi connectivity index (χ4v) is 1.70. The van der Waals surface area contributed by atoms with E-state index in [4.69, 9.17) is 5.73 Å². The highest BCUT2D eigenvalue weighted by Crippen LogP contribution is 2.32. The summed E-state index contributed by atoms with van der Waals surface area (Å²) in [6.45, 7) is 0. The number of nitro benzene ring substituents is 1. The van der Waals surface area contributed by atoms with Crippen LogP contribution in [0.3, 0.4) is 0 Å². The van der Waals surface area contributed by atoms with Crippen LogP contribution >= 0.6 is 0 Å². The van der Waals surface area contributed by atoms with E-state index in [1.165, 1.54) is 13.9 Å². The Hall–Kier alpha value is -2.44. The lowest BCUT2D eigenvalue weighted by molar-refractivity contribution is -0.386. The summed E-state index contributed by atoms with van der Waals surface area (Å²) in [5.74, 6) is -0.905. The number of nitro groups is 1. The molecule has 0 bridgehead atoms. The van der Waals surface area contributed by atoms with E-state index in [9.17, 15) is 14.5 Å². The second-order valence-electron chi connectivity index (χ2n) is 3.79. The summed E-state index contributed by atoms with van der Waals surface area (Å²) in [7, 11) is 1.45. The molecular weight excluding hydrogens is 236 g/mol. The first-order chi connectivity index (χ1) is 8.52. The standard InChI is InChI=1S/C11H9BFN3O2/c12-7-5-6(8-3-1-2-4-15-8)10(14)11(9(7)13)16(17)18/h1-5H,12,14H2. The highest BCUT2D eigenvalue weighted by atomic mass is 19.1. The van der Waals surface area contributed by atoms with Gasteiger partial charge < -0.3 is 5.73 Å². The summed E-state index contributed by atoms with van der Waals surface area (Å²) < 4.78 is 13.7. The molecule has 0 fully saturated rings. The summed E-state index contributed by atoms with van der Waals surface area (Å²) >= 11 is 0. The number of hydrogen-bond donors (Lipinski definition) is 1. The third-order valence-electron chi connectivity index (χ3n) is 2.58. The zero-order chi connectivity index (χ0) is 13.3. The third kappa shape index (κ3) is 1.90. The van der Waals surface area contributed by atoms with Crippen molar-refractivity contribution >= 4 is 24.7 Å². The largest absolute Gasteiger partial charge is 0.393 e. The number of anilines is 1. The first-order valence-corrected chi connectivity index (χ1v) is 5.16. The molecular formula is C11H9BFN3O2. The molecule has 1 aromatic carbocycles. The van der Waals surface area contributed by atoms with Crippen molar-refractivity contribution in [1.82, 2.24) is 4.98 Å². The van der Waals surface area contributed by atoms with Gasteiger partial charge in [-0.1, -0.05) is 12.1 Å². The Morgan fingerprint density at radius 3 is 2.72 bits per heavy atom. The van der Waals surface area contributed by atoms with Gasteiger partial charge in [0.25, 0.3) is 0 Å². The van der Waals surface area contributed by atoms with E-state index in [1.807, 2.05) is 0 Å². The highest BCUT2D eigenvalue weighted by molar-refractivity contribution is 6.33. The first-order valence-electron chi connectivity index (χ1n) is 5.16.